The van der Waals surface area contributed by atoms with Crippen molar-refractivity contribution in [3.8, 4) is 0 Å². The van der Waals surface area contributed by atoms with Crippen LogP contribution in [0.1, 0.15) is 11.1 Å². The molecule has 1 amide bonds. The SMILES string of the molecule is O=C1/C(=N/n2cnnc2)c2ccccc2N1Cc1ccccc1Cl. The Morgan fingerprint density at radius 1 is 1.00 bits per heavy atom. The van der Waals surface area contributed by atoms with E-state index in [9.17, 15) is 4.79 Å². The topological polar surface area (TPSA) is 63.4 Å². The highest BCUT2D eigenvalue weighted by Gasteiger charge is 2.34. The molecular formula is C17H12ClN5O. The number of hydrogen-bond donors (Lipinski definition) is 0. The van der Waals surface area contributed by atoms with Gasteiger partial charge in [-0.3, -0.25) is 4.79 Å². The number of halogens is 1. The molecule has 1 aromatic heterocycles. The van der Waals surface area contributed by atoms with Crippen molar-refractivity contribution in [1.82, 2.24) is 14.9 Å². The van der Waals surface area contributed by atoms with Crippen LogP contribution in [0.3, 0.4) is 0 Å². The van der Waals surface area contributed by atoms with Gasteiger partial charge in [0, 0.05) is 10.6 Å². The van der Waals surface area contributed by atoms with E-state index in [2.05, 4.69) is 15.3 Å². The normalized spacial score (nSPS) is 15.1. The second-order valence-corrected chi connectivity index (χ2v) is 5.70. The summed E-state index contributed by atoms with van der Waals surface area (Å²) >= 11 is 6.24. The van der Waals surface area contributed by atoms with E-state index in [0.717, 1.165) is 16.8 Å². The van der Waals surface area contributed by atoms with Gasteiger partial charge < -0.3 is 4.90 Å². The zero-order valence-corrected chi connectivity index (χ0v) is 13.3. The summed E-state index contributed by atoms with van der Waals surface area (Å²) in [4.78, 5) is 14.6. The summed E-state index contributed by atoms with van der Waals surface area (Å²) < 4.78 is 1.42. The van der Waals surface area contributed by atoms with Crippen molar-refractivity contribution in [2.45, 2.75) is 6.54 Å². The molecule has 2 heterocycles. The highest BCUT2D eigenvalue weighted by atomic mass is 35.5. The van der Waals surface area contributed by atoms with Gasteiger partial charge in [-0.05, 0) is 17.7 Å². The Balaban J connectivity index is 1.77. The highest BCUT2D eigenvalue weighted by molar-refractivity contribution is 6.54. The number of amides is 1. The van der Waals surface area contributed by atoms with Gasteiger partial charge in [0.15, 0.2) is 5.71 Å². The molecule has 0 spiro atoms. The summed E-state index contributed by atoms with van der Waals surface area (Å²) in [7, 11) is 0. The van der Waals surface area contributed by atoms with E-state index in [1.807, 2.05) is 48.5 Å². The number of hydrogen-bond acceptors (Lipinski definition) is 4. The molecule has 24 heavy (non-hydrogen) atoms. The lowest BCUT2D eigenvalue weighted by Crippen LogP contribution is -2.30. The summed E-state index contributed by atoms with van der Waals surface area (Å²) in [5.41, 5.74) is 2.84. The second kappa shape index (κ2) is 5.90. The predicted octanol–water partition coefficient (Wildman–Crippen LogP) is 2.73. The van der Waals surface area contributed by atoms with Gasteiger partial charge in [-0.1, -0.05) is 48.0 Å². The molecule has 0 atom stereocenters. The molecule has 7 heteroatoms. The second-order valence-electron chi connectivity index (χ2n) is 5.29. The fourth-order valence-electron chi connectivity index (χ4n) is 2.67. The molecule has 2 aromatic carbocycles. The molecule has 6 nitrogen and oxygen atoms in total. The molecule has 0 N–H and O–H groups in total. The summed E-state index contributed by atoms with van der Waals surface area (Å²) in [6.07, 6.45) is 2.89. The van der Waals surface area contributed by atoms with E-state index in [1.165, 1.54) is 17.3 Å². The lowest BCUT2D eigenvalue weighted by atomic mass is 10.1. The van der Waals surface area contributed by atoms with Crippen molar-refractivity contribution in [2.75, 3.05) is 4.90 Å². The van der Waals surface area contributed by atoms with E-state index in [0.29, 0.717) is 17.3 Å². The molecule has 4 rings (SSSR count). The number of carbonyl (C=O) groups excluding carboxylic acids is 1. The Labute approximate surface area is 143 Å². The summed E-state index contributed by atoms with van der Waals surface area (Å²) in [5.74, 6) is -0.176. The van der Waals surface area contributed by atoms with Crippen molar-refractivity contribution in [2.24, 2.45) is 5.10 Å². The van der Waals surface area contributed by atoms with E-state index in [4.69, 9.17) is 11.6 Å². The van der Waals surface area contributed by atoms with E-state index >= 15 is 0 Å². The molecular weight excluding hydrogens is 326 g/mol. The number of benzene rings is 2. The van der Waals surface area contributed by atoms with Crippen LogP contribution in [0.25, 0.3) is 0 Å². The van der Waals surface area contributed by atoms with Crippen LogP contribution in [0.4, 0.5) is 5.69 Å². The van der Waals surface area contributed by atoms with Crippen molar-refractivity contribution in [1.29, 1.82) is 0 Å². The van der Waals surface area contributed by atoms with Crippen molar-refractivity contribution >= 4 is 28.9 Å². The third-order valence-corrected chi connectivity index (χ3v) is 4.17. The molecule has 1 aliphatic heterocycles. The molecule has 0 saturated heterocycles. The number of fused-ring (bicyclic) bond motifs is 1. The molecule has 1 aliphatic rings. The number of para-hydroxylation sites is 1. The van der Waals surface area contributed by atoms with Crippen molar-refractivity contribution in [3.05, 3.63) is 77.3 Å². The molecule has 0 unspecified atom stereocenters. The van der Waals surface area contributed by atoms with Crippen molar-refractivity contribution in [3.63, 3.8) is 0 Å². The summed E-state index contributed by atoms with van der Waals surface area (Å²) in [5, 5.41) is 12.4. The highest BCUT2D eigenvalue weighted by Crippen LogP contribution is 2.31. The van der Waals surface area contributed by atoms with Crippen LogP contribution in [-0.2, 0) is 11.3 Å². The fourth-order valence-corrected chi connectivity index (χ4v) is 2.87. The molecule has 0 radical (unpaired) electrons. The van der Waals surface area contributed by atoms with E-state index in [-0.39, 0.29) is 5.91 Å². The maximum absolute atomic E-state index is 12.9. The van der Waals surface area contributed by atoms with Crippen LogP contribution < -0.4 is 4.90 Å². The Hall–Kier alpha value is -2.99. The molecule has 0 fully saturated rings. The van der Waals surface area contributed by atoms with Gasteiger partial charge in [0.2, 0.25) is 0 Å². The Kier molecular flexibility index (Phi) is 3.59. The van der Waals surface area contributed by atoms with Crippen LogP contribution in [0.2, 0.25) is 5.02 Å². The standard InChI is InChI=1S/C17H12ClN5O/c18-14-7-3-1-5-12(14)9-23-15-8-4-2-6-13(15)16(17(23)24)21-22-10-19-20-11-22/h1-8,10-11H,9H2/b21-16+. The van der Waals surface area contributed by atoms with Crippen LogP contribution in [0, 0.1) is 0 Å². The zero-order valence-electron chi connectivity index (χ0n) is 12.5. The number of anilines is 1. The van der Waals surface area contributed by atoms with E-state index in [1.54, 1.807) is 4.90 Å². The van der Waals surface area contributed by atoms with Gasteiger partial charge >= 0.3 is 0 Å². The third-order valence-electron chi connectivity index (χ3n) is 3.81. The van der Waals surface area contributed by atoms with Gasteiger partial charge in [-0.25, -0.2) is 4.68 Å². The average molecular weight is 338 g/mol. The zero-order chi connectivity index (χ0) is 16.5. The largest absolute Gasteiger partial charge is 0.302 e. The molecule has 118 valence electrons. The summed E-state index contributed by atoms with van der Waals surface area (Å²) in [6, 6.07) is 15.1. The molecule has 0 bridgehead atoms. The first kappa shape index (κ1) is 14.6. The van der Waals surface area contributed by atoms with Crippen LogP contribution in [0.15, 0.2) is 66.3 Å². The molecule has 0 aliphatic carbocycles. The fraction of sp³-hybridized carbons (Fsp3) is 0.0588. The minimum Gasteiger partial charge on any atom is -0.302 e. The quantitative estimate of drug-likeness (QED) is 0.738. The number of aromatic nitrogens is 3. The lowest BCUT2D eigenvalue weighted by molar-refractivity contribution is -0.112. The Morgan fingerprint density at radius 2 is 1.71 bits per heavy atom. The van der Waals surface area contributed by atoms with Gasteiger partial charge in [-0.2, -0.15) is 5.10 Å². The average Bonchev–Trinajstić information content (AvgIpc) is 3.20. The van der Waals surface area contributed by atoms with Crippen LogP contribution in [-0.4, -0.2) is 26.5 Å². The van der Waals surface area contributed by atoms with Crippen LogP contribution in [0.5, 0.6) is 0 Å². The molecule has 0 saturated carbocycles. The smallest absolute Gasteiger partial charge is 0.279 e. The third kappa shape index (κ3) is 2.47. The maximum atomic E-state index is 12.9. The molecule has 3 aromatic rings. The number of carbonyl (C=O) groups is 1. The van der Waals surface area contributed by atoms with Crippen molar-refractivity contribution < 1.29 is 4.79 Å². The minimum absolute atomic E-state index is 0.176. The van der Waals surface area contributed by atoms with Gasteiger partial charge in [0.25, 0.3) is 5.91 Å². The Bertz CT molecular complexity index is 936. The first-order chi connectivity index (χ1) is 11.7. The van der Waals surface area contributed by atoms with Gasteiger partial charge in [-0.15, -0.1) is 10.2 Å². The van der Waals surface area contributed by atoms with E-state index < -0.39 is 0 Å². The summed E-state index contributed by atoms with van der Waals surface area (Å²) in [6.45, 7) is 0.386. The maximum Gasteiger partial charge on any atom is 0.279 e. The lowest BCUT2D eigenvalue weighted by Gasteiger charge is -2.17. The predicted molar refractivity (Wildman–Crippen MR) is 91.0 cm³/mol. The first-order valence-corrected chi connectivity index (χ1v) is 7.70. The monoisotopic (exact) mass is 337 g/mol. The minimum atomic E-state index is -0.176. The van der Waals surface area contributed by atoms with Crippen LogP contribution >= 0.6 is 11.6 Å². The van der Waals surface area contributed by atoms with Gasteiger partial charge in [0.1, 0.15) is 12.7 Å². The number of rotatable bonds is 3. The number of nitrogens with zero attached hydrogens (tertiary/aromatic N) is 5. The first-order valence-electron chi connectivity index (χ1n) is 7.32. The van der Waals surface area contributed by atoms with Gasteiger partial charge in [0.05, 0.1) is 12.2 Å². The Morgan fingerprint density at radius 3 is 2.50 bits per heavy atom.